The Balaban J connectivity index is 2.30. The molecule has 0 bridgehead atoms. The summed E-state index contributed by atoms with van der Waals surface area (Å²) in [7, 11) is 1.70. The number of hydrogen-bond donors (Lipinski definition) is 0. The number of aromatic nitrogens is 2. The average molecular weight is 244 g/mol. The summed E-state index contributed by atoms with van der Waals surface area (Å²) in [5.74, 6) is 1.29. The maximum atomic E-state index is 12.1. The molecule has 18 heavy (non-hydrogen) atoms. The fourth-order valence-electron chi connectivity index (χ4n) is 2.25. The van der Waals surface area contributed by atoms with Crippen molar-refractivity contribution >= 4 is 22.0 Å². The Morgan fingerprint density at radius 1 is 1.28 bits per heavy atom. The van der Waals surface area contributed by atoms with Crippen LogP contribution < -0.4 is 15.0 Å². The van der Waals surface area contributed by atoms with E-state index in [4.69, 9.17) is 13.9 Å². The van der Waals surface area contributed by atoms with E-state index in [0.717, 1.165) is 10.9 Å². The van der Waals surface area contributed by atoms with E-state index in [1.807, 2.05) is 6.07 Å². The third kappa shape index (κ3) is 1.02. The van der Waals surface area contributed by atoms with Crippen LogP contribution in [0.15, 0.2) is 27.7 Å². The molecule has 0 fully saturated rings. The Bertz CT molecular complexity index is 847. The minimum absolute atomic E-state index is 0.190. The maximum Gasteiger partial charge on any atom is 0.280 e. The monoisotopic (exact) mass is 244 g/mol. The molecular formula is C12H8N2O4. The van der Waals surface area contributed by atoms with Gasteiger partial charge in [0.2, 0.25) is 6.79 Å². The predicted octanol–water partition coefficient (Wildman–Crippen LogP) is 1.41. The molecule has 0 atom stereocenters. The third-order valence-electron chi connectivity index (χ3n) is 3.17. The number of oxazole rings is 1. The van der Waals surface area contributed by atoms with Crippen LogP contribution in [0.1, 0.15) is 0 Å². The number of pyridine rings is 1. The van der Waals surface area contributed by atoms with Gasteiger partial charge in [-0.2, -0.15) is 0 Å². The Morgan fingerprint density at radius 3 is 2.89 bits per heavy atom. The van der Waals surface area contributed by atoms with Crippen LogP contribution in [0.2, 0.25) is 0 Å². The van der Waals surface area contributed by atoms with Gasteiger partial charge in [0.05, 0.1) is 5.52 Å². The van der Waals surface area contributed by atoms with Crippen molar-refractivity contribution in [3.8, 4) is 11.5 Å². The van der Waals surface area contributed by atoms with Gasteiger partial charge < -0.3 is 18.5 Å². The Kier molecular flexibility index (Phi) is 1.61. The molecule has 0 saturated heterocycles. The zero-order valence-electron chi connectivity index (χ0n) is 9.47. The van der Waals surface area contributed by atoms with Crippen LogP contribution in [0.4, 0.5) is 0 Å². The van der Waals surface area contributed by atoms with Gasteiger partial charge in [0, 0.05) is 18.5 Å². The average Bonchev–Trinajstić information content (AvgIpc) is 3.02. The van der Waals surface area contributed by atoms with Crippen molar-refractivity contribution in [2.24, 2.45) is 7.05 Å². The number of rotatable bonds is 0. The minimum atomic E-state index is -0.190. The summed E-state index contributed by atoms with van der Waals surface area (Å²) in [6.07, 6.45) is 1.27. The molecule has 1 aliphatic rings. The first kappa shape index (κ1) is 9.52. The van der Waals surface area contributed by atoms with E-state index in [1.54, 1.807) is 13.1 Å². The van der Waals surface area contributed by atoms with Crippen molar-refractivity contribution in [1.29, 1.82) is 0 Å². The van der Waals surface area contributed by atoms with Gasteiger partial charge in [0.15, 0.2) is 29.0 Å². The summed E-state index contributed by atoms with van der Waals surface area (Å²) < 4.78 is 17.5. The number of aryl methyl sites for hydroxylation is 1. The molecule has 2 aromatic heterocycles. The van der Waals surface area contributed by atoms with Gasteiger partial charge in [0.1, 0.15) is 0 Å². The Morgan fingerprint density at radius 2 is 2.06 bits per heavy atom. The van der Waals surface area contributed by atoms with E-state index in [9.17, 15) is 4.79 Å². The number of hydrogen-bond acceptors (Lipinski definition) is 5. The smallest absolute Gasteiger partial charge is 0.280 e. The molecule has 0 radical (unpaired) electrons. The molecule has 0 spiro atoms. The van der Waals surface area contributed by atoms with Gasteiger partial charge in [-0.15, -0.1) is 0 Å². The maximum absolute atomic E-state index is 12.1. The number of benzene rings is 1. The number of ether oxygens (including phenoxy) is 2. The fraction of sp³-hybridized carbons (Fsp3) is 0.167. The molecular weight excluding hydrogens is 236 g/mol. The molecule has 0 saturated carbocycles. The normalized spacial score (nSPS) is 13.6. The second kappa shape index (κ2) is 3.04. The zero-order chi connectivity index (χ0) is 12.3. The fourth-order valence-corrected chi connectivity index (χ4v) is 2.25. The predicted molar refractivity (Wildman–Crippen MR) is 62.9 cm³/mol. The van der Waals surface area contributed by atoms with Crippen LogP contribution in [0.5, 0.6) is 11.5 Å². The van der Waals surface area contributed by atoms with Crippen molar-refractivity contribution < 1.29 is 13.9 Å². The Hall–Kier alpha value is -2.50. The third-order valence-corrected chi connectivity index (χ3v) is 3.17. The lowest BCUT2D eigenvalue weighted by molar-refractivity contribution is 0.174. The van der Waals surface area contributed by atoms with E-state index in [1.165, 1.54) is 11.0 Å². The number of fused-ring (bicyclic) bond motifs is 4. The second-order valence-corrected chi connectivity index (χ2v) is 4.12. The summed E-state index contributed by atoms with van der Waals surface area (Å²) in [5.41, 5.74) is 1.34. The zero-order valence-corrected chi connectivity index (χ0v) is 9.47. The highest BCUT2D eigenvalue weighted by Crippen LogP contribution is 2.37. The molecule has 6 nitrogen and oxygen atoms in total. The lowest BCUT2D eigenvalue weighted by Gasteiger charge is -2.06. The minimum Gasteiger partial charge on any atom is -0.454 e. The quantitative estimate of drug-likeness (QED) is 0.598. The Labute approximate surface area is 100 Å². The van der Waals surface area contributed by atoms with Crippen molar-refractivity contribution in [1.82, 2.24) is 9.55 Å². The van der Waals surface area contributed by atoms with E-state index < -0.39 is 0 Å². The molecule has 3 heterocycles. The van der Waals surface area contributed by atoms with Gasteiger partial charge in [0.25, 0.3) is 5.56 Å². The van der Waals surface area contributed by atoms with Gasteiger partial charge in [-0.3, -0.25) is 4.79 Å². The van der Waals surface area contributed by atoms with E-state index >= 15 is 0 Å². The first-order chi connectivity index (χ1) is 8.75. The summed E-state index contributed by atoms with van der Waals surface area (Å²) in [5, 5.41) is 0.786. The van der Waals surface area contributed by atoms with E-state index in [2.05, 4.69) is 4.98 Å². The molecule has 0 unspecified atom stereocenters. The van der Waals surface area contributed by atoms with Crippen LogP contribution in [-0.2, 0) is 7.05 Å². The first-order valence-electron chi connectivity index (χ1n) is 5.41. The number of nitrogens with zero attached hydrogens (tertiary/aromatic N) is 2. The molecule has 0 aliphatic carbocycles. The molecule has 90 valence electrons. The second-order valence-electron chi connectivity index (χ2n) is 4.12. The highest BCUT2D eigenvalue weighted by Gasteiger charge is 2.19. The van der Waals surface area contributed by atoms with Gasteiger partial charge in [-0.05, 0) is 6.07 Å². The highest BCUT2D eigenvalue weighted by atomic mass is 16.7. The van der Waals surface area contributed by atoms with Crippen molar-refractivity contribution in [3.63, 3.8) is 0 Å². The van der Waals surface area contributed by atoms with Gasteiger partial charge in [-0.1, -0.05) is 0 Å². The van der Waals surface area contributed by atoms with E-state index in [-0.39, 0.29) is 12.4 Å². The van der Waals surface area contributed by atoms with Crippen molar-refractivity contribution in [2.75, 3.05) is 6.79 Å². The largest absolute Gasteiger partial charge is 0.454 e. The van der Waals surface area contributed by atoms with Crippen LogP contribution in [-0.4, -0.2) is 16.3 Å². The lowest BCUT2D eigenvalue weighted by Crippen LogP contribution is -2.17. The molecule has 1 aliphatic heterocycles. The van der Waals surface area contributed by atoms with Crippen LogP contribution >= 0.6 is 0 Å². The first-order valence-corrected chi connectivity index (χ1v) is 5.41. The molecule has 0 amide bonds. The SMILES string of the molecule is Cn1c(=O)c2ncoc2c2cc3c(cc21)OCO3. The van der Waals surface area contributed by atoms with Crippen LogP contribution in [0, 0.1) is 0 Å². The van der Waals surface area contributed by atoms with Gasteiger partial charge >= 0.3 is 0 Å². The summed E-state index contributed by atoms with van der Waals surface area (Å²) in [6, 6.07) is 3.59. The lowest BCUT2D eigenvalue weighted by atomic mass is 10.1. The van der Waals surface area contributed by atoms with Crippen LogP contribution in [0.25, 0.3) is 22.0 Å². The van der Waals surface area contributed by atoms with Crippen LogP contribution in [0.3, 0.4) is 0 Å². The summed E-state index contributed by atoms with van der Waals surface area (Å²) in [6.45, 7) is 0.194. The molecule has 1 aromatic carbocycles. The highest BCUT2D eigenvalue weighted by molar-refractivity contribution is 6.02. The van der Waals surface area contributed by atoms with Crippen molar-refractivity contribution in [3.05, 3.63) is 28.9 Å². The standard InChI is InChI=1S/C12H8N2O4/c1-14-7-3-9-8(17-5-18-9)2-6(7)11-10(12(14)15)13-4-16-11/h2-4H,5H2,1H3. The summed E-state index contributed by atoms with van der Waals surface area (Å²) >= 11 is 0. The van der Waals surface area contributed by atoms with Crippen molar-refractivity contribution in [2.45, 2.75) is 0 Å². The topological polar surface area (TPSA) is 66.5 Å². The van der Waals surface area contributed by atoms with Gasteiger partial charge in [-0.25, -0.2) is 4.98 Å². The molecule has 3 aromatic rings. The summed E-state index contributed by atoms with van der Waals surface area (Å²) in [4.78, 5) is 16.0. The molecule has 0 N–H and O–H groups in total. The van der Waals surface area contributed by atoms with E-state index in [0.29, 0.717) is 22.6 Å². The molecule has 6 heteroatoms. The molecule has 4 rings (SSSR count).